The lowest BCUT2D eigenvalue weighted by Crippen LogP contribution is -2.20. The molecule has 0 aliphatic heterocycles. The highest BCUT2D eigenvalue weighted by Crippen LogP contribution is 2.31. The van der Waals surface area contributed by atoms with Crippen LogP contribution in [-0.4, -0.2) is 35.7 Å². The second-order valence-electron chi connectivity index (χ2n) is 8.56. The Morgan fingerprint density at radius 1 is 1.11 bits per heavy atom. The molecule has 37 heavy (non-hydrogen) atoms. The highest BCUT2D eigenvalue weighted by molar-refractivity contribution is 7.87. The third-order valence-corrected chi connectivity index (χ3v) is 7.16. The van der Waals surface area contributed by atoms with Gasteiger partial charge in [0.25, 0.3) is 0 Å². The number of imidazole rings is 1. The zero-order valence-corrected chi connectivity index (χ0v) is 22.3. The zero-order valence-electron chi connectivity index (χ0n) is 20.0. The molecule has 194 valence electrons. The molecule has 0 fully saturated rings. The van der Waals surface area contributed by atoms with Crippen molar-refractivity contribution in [3.05, 3.63) is 81.9 Å². The second kappa shape index (κ2) is 11.0. The molecule has 2 aromatic heterocycles. The van der Waals surface area contributed by atoms with Crippen LogP contribution in [0.15, 0.2) is 59.8 Å². The number of primary amides is 1. The number of para-hydroxylation sites is 1. The van der Waals surface area contributed by atoms with Crippen molar-refractivity contribution in [2.24, 2.45) is 5.73 Å². The van der Waals surface area contributed by atoms with Crippen LogP contribution in [0.1, 0.15) is 36.8 Å². The molecule has 0 unspecified atom stereocenters. The van der Waals surface area contributed by atoms with Crippen molar-refractivity contribution in [3.8, 4) is 5.75 Å². The number of hydrogen-bond donors (Lipinski definition) is 1. The van der Waals surface area contributed by atoms with Crippen molar-refractivity contribution < 1.29 is 22.1 Å². The number of benzene rings is 2. The van der Waals surface area contributed by atoms with Crippen LogP contribution in [0.4, 0.5) is 4.79 Å². The number of fused-ring (bicyclic) bond motifs is 1. The molecular formula is C25H24Cl2N4O5S. The summed E-state index contributed by atoms with van der Waals surface area (Å²) in [6, 6.07) is 13.7. The van der Waals surface area contributed by atoms with Gasteiger partial charge in [0.1, 0.15) is 18.2 Å². The molecule has 0 saturated heterocycles. The summed E-state index contributed by atoms with van der Waals surface area (Å²) in [5.74, 6) is 0.0680. The average Bonchev–Trinajstić information content (AvgIpc) is 3.17. The van der Waals surface area contributed by atoms with Gasteiger partial charge < -0.3 is 19.2 Å². The van der Waals surface area contributed by atoms with Gasteiger partial charge in [0.05, 0.1) is 17.8 Å². The Hall–Kier alpha value is -3.34. The first-order valence-electron chi connectivity index (χ1n) is 11.3. The van der Waals surface area contributed by atoms with Crippen LogP contribution in [-0.2, 0) is 27.8 Å². The lowest BCUT2D eigenvalue weighted by atomic mass is 10.1. The Balaban J connectivity index is 1.83. The number of aromatic nitrogens is 3. The van der Waals surface area contributed by atoms with Gasteiger partial charge in [-0.2, -0.15) is 8.42 Å². The first-order valence-corrected chi connectivity index (χ1v) is 13.5. The summed E-state index contributed by atoms with van der Waals surface area (Å²) in [7, 11) is -4.41. The number of carbonyl (C=O) groups excluding carboxylic acids is 1. The third-order valence-electron chi connectivity index (χ3n) is 5.41. The van der Waals surface area contributed by atoms with Gasteiger partial charge >= 0.3 is 16.2 Å². The van der Waals surface area contributed by atoms with Crippen LogP contribution < -0.4 is 9.92 Å². The van der Waals surface area contributed by atoms with Crippen molar-refractivity contribution in [2.45, 2.75) is 37.8 Å². The number of nitrogens with two attached hydrogens (primary N) is 1. The number of pyridine rings is 1. The van der Waals surface area contributed by atoms with Crippen molar-refractivity contribution in [2.75, 3.05) is 6.61 Å². The maximum atomic E-state index is 13.7. The molecule has 0 aliphatic rings. The molecule has 0 spiro atoms. The monoisotopic (exact) mass is 562 g/mol. The normalized spacial score (nSPS) is 11.7. The Bertz CT molecular complexity index is 1550. The molecule has 1 amide bonds. The molecule has 2 aromatic carbocycles. The van der Waals surface area contributed by atoms with Gasteiger partial charge in [-0.1, -0.05) is 55.2 Å². The van der Waals surface area contributed by atoms with E-state index in [9.17, 15) is 13.2 Å². The summed E-state index contributed by atoms with van der Waals surface area (Å²) in [6.45, 7) is 3.69. The minimum atomic E-state index is -4.41. The van der Waals surface area contributed by atoms with Crippen molar-refractivity contribution in [1.29, 1.82) is 0 Å². The average molecular weight is 563 g/mol. The molecule has 0 radical (unpaired) electrons. The summed E-state index contributed by atoms with van der Waals surface area (Å²) < 4.78 is 39.2. The van der Waals surface area contributed by atoms with Gasteiger partial charge in [-0.25, -0.2) is 9.78 Å². The topological polar surface area (TPSA) is 126 Å². The summed E-state index contributed by atoms with van der Waals surface area (Å²) in [5.41, 5.74) is 6.95. The summed E-state index contributed by atoms with van der Waals surface area (Å²) in [6.07, 6.45) is 0.868. The number of halogens is 2. The first kappa shape index (κ1) is 26.7. The molecule has 0 bridgehead atoms. The van der Waals surface area contributed by atoms with Crippen LogP contribution in [0.5, 0.6) is 5.75 Å². The molecule has 0 atom stereocenters. The minimum absolute atomic E-state index is 0.0362. The van der Waals surface area contributed by atoms with Gasteiger partial charge in [-0.3, -0.25) is 4.98 Å². The van der Waals surface area contributed by atoms with E-state index in [2.05, 4.69) is 9.97 Å². The Kier molecular flexibility index (Phi) is 7.91. The Labute approximate surface area is 224 Å². The molecule has 0 aliphatic carbocycles. The predicted octanol–water partition coefficient (Wildman–Crippen LogP) is 5.32. The number of nitrogens with zero attached hydrogens (tertiary/aromatic N) is 3. The second-order valence-corrected chi connectivity index (χ2v) is 10.9. The van der Waals surface area contributed by atoms with Gasteiger partial charge in [0.15, 0.2) is 5.03 Å². The fourth-order valence-electron chi connectivity index (χ4n) is 3.87. The highest BCUT2D eigenvalue weighted by atomic mass is 35.5. The maximum Gasteiger partial charge on any atom is 0.404 e. The molecule has 9 nitrogen and oxygen atoms in total. The number of ether oxygens (including phenoxy) is 1. The van der Waals surface area contributed by atoms with E-state index in [4.69, 9.17) is 37.9 Å². The van der Waals surface area contributed by atoms with E-state index in [-0.39, 0.29) is 46.3 Å². The minimum Gasteiger partial charge on any atom is -0.449 e. The van der Waals surface area contributed by atoms with E-state index in [0.717, 1.165) is 16.5 Å². The maximum absolute atomic E-state index is 13.7. The fourth-order valence-corrected chi connectivity index (χ4v) is 5.78. The lowest BCUT2D eigenvalue weighted by molar-refractivity contribution is 0.157. The number of hydrogen-bond acceptors (Lipinski definition) is 7. The van der Waals surface area contributed by atoms with Gasteiger partial charge in [0, 0.05) is 40.2 Å². The largest absolute Gasteiger partial charge is 0.449 e. The quantitative estimate of drug-likeness (QED) is 0.273. The van der Waals surface area contributed by atoms with E-state index in [1.165, 1.54) is 22.8 Å². The van der Waals surface area contributed by atoms with E-state index in [0.29, 0.717) is 11.5 Å². The number of rotatable bonds is 9. The predicted molar refractivity (Wildman–Crippen MR) is 141 cm³/mol. The number of amides is 1. The van der Waals surface area contributed by atoms with E-state index < -0.39 is 16.2 Å². The van der Waals surface area contributed by atoms with Crippen molar-refractivity contribution in [1.82, 2.24) is 14.5 Å². The number of carbonyl (C=O) groups is 1. The lowest BCUT2D eigenvalue weighted by Gasteiger charge is -2.15. The van der Waals surface area contributed by atoms with Crippen LogP contribution in [0.3, 0.4) is 0 Å². The fraction of sp³-hybridized carbons (Fsp3) is 0.240. The SMILES string of the molecule is CC(C)c1nc(CCOC(N)=O)n(Cc2cnc3ccccc3c2)c1S(=O)(=O)Oc1cc(Cl)cc(Cl)c1. The summed E-state index contributed by atoms with van der Waals surface area (Å²) in [4.78, 5) is 20.2. The molecule has 12 heteroatoms. The first-order chi connectivity index (χ1) is 17.5. The summed E-state index contributed by atoms with van der Waals surface area (Å²) >= 11 is 12.1. The molecule has 2 N–H and O–H groups in total. The molecule has 4 aromatic rings. The van der Waals surface area contributed by atoms with Crippen LogP contribution in [0.25, 0.3) is 10.9 Å². The molecule has 2 heterocycles. The van der Waals surface area contributed by atoms with E-state index in [1.54, 1.807) is 6.20 Å². The van der Waals surface area contributed by atoms with Gasteiger partial charge in [0.2, 0.25) is 0 Å². The van der Waals surface area contributed by atoms with Crippen LogP contribution in [0.2, 0.25) is 10.0 Å². The van der Waals surface area contributed by atoms with Crippen molar-refractivity contribution >= 4 is 50.3 Å². The standard InChI is InChI=1S/C25H24Cl2N4O5S/c1-15(2)23-24(37(33,34)36-20-11-18(26)10-19(27)12-20)31(22(30-23)7-8-35-25(28)32)14-16-9-17-5-3-4-6-21(17)29-13-16/h3-6,9-13,15H,7-8,14H2,1-2H3,(H2,28,32). The van der Waals surface area contributed by atoms with Crippen molar-refractivity contribution in [3.63, 3.8) is 0 Å². The third kappa shape index (κ3) is 6.33. The summed E-state index contributed by atoms with van der Waals surface area (Å²) in [5, 5.41) is 1.22. The zero-order chi connectivity index (χ0) is 26.7. The Morgan fingerprint density at radius 3 is 2.49 bits per heavy atom. The van der Waals surface area contributed by atoms with Gasteiger partial charge in [-0.05, 0) is 29.7 Å². The highest BCUT2D eigenvalue weighted by Gasteiger charge is 2.31. The van der Waals surface area contributed by atoms with E-state index >= 15 is 0 Å². The van der Waals surface area contributed by atoms with Crippen LogP contribution in [0, 0.1) is 0 Å². The Morgan fingerprint density at radius 2 is 1.81 bits per heavy atom. The smallest absolute Gasteiger partial charge is 0.404 e. The van der Waals surface area contributed by atoms with E-state index in [1.807, 2.05) is 44.2 Å². The van der Waals surface area contributed by atoms with Crippen LogP contribution >= 0.6 is 23.2 Å². The molecule has 4 rings (SSSR count). The molecular weight excluding hydrogens is 539 g/mol. The molecule has 0 saturated carbocycles. The van der Waals surface area contributed by atoms with Gasteiger partial charge in [-0.15, -0.1) is 0 Å².